The lowest BCUT2D eigenvalue weighted by Gasteiger charge is -2.21. The van der Waals surface area contributed by atoms with Crippen molar-refractivity contribution in [2.24, 2.45) is 0 Å². The first-order chi connectivity index (χ1) is 15.5. The van der Waals surface area contributed by atoms with E-state index in [0.717, 1.165) is 37.6 Å². The Labute approximate surface area is 190 Å². The number of imidazole rings is 1. The van der Waals surface area contributed by atoms with E-state index in [-0.39, 0.29) is 6.61 Å². The number of nitrogens with zero attached hydrogens (tertiary/aromatic N) is 3. The first-order valence-corrected chi connectivity index (χ1v) is 10.9. The van der Waals surface area contributed by atoms with Gasteiger partial charge in [-0.15, -0.1) is 0 Å². The van der Waals surface area contributed by atoms with Gasteiger partial charge in [-0.2, -0.15) is 0 Å². The van der Waals surface area contributed by atoms with Gasteiger partial charge in [-0.25, -0.2) is 4.98 Å². The highest BCUT2D eigenvalue weighted by Crippen LogP contribution is 2.28. The van der Waals surface area contributed by atoms with Crippen LogP contribution in [-0.4, -0.2) is 59.5 Å². The Morgan fingerprint density at radius 3 is 2.66 bits per heavy atom. The van der Waals surface area contributed by atoms with E-state index in [2.05, 4.69) is 31.9 Å². The van der Waals surface area contributed by atoms with Crippen LogP contribution in [0, 0.1) is 6.92 Å². The number of ether oxygens (including phenoxy) is 2. The summed E-state index contributed by atoms with van der Waals surface area (Å²) in [5, 5.41) is 13.9. The molecule has 1 heterocycles. The van der Waals surface area contributed by atoms with E-state index < -0.39 is 6.10 Å². The third-order valence-corrected chi connectivity index (χ3v) is 5.26. The van der Waals surface area contributed by atoms with Crippen molar-refractivity contribution in [3.05, 3.63) is 77.9 Å². The van der Waals surface area contributed by atoms with Crippen LogP contribution in [0.3, 0.4) is 0 Å². The van der Waals surface area contributed by atoms with Crippen molar-refractivity contribution in [1.82, 2.24) is 19.8 Å². The minimum Gasteiger partial charge on any atom is -0.493 e. The summed E-state index contributed by atoms with van der Waals surface area (Å²) in [5.74, 6) is 2.31. The molecule has 0 aliphatic carbocycles. The second-order valence-electron chi connectivity index (χ2n) is 7.98. The number of aliphatic hydroxyl groups is 1. The molecule has 0 amide bonds. The molecule has 0 fully saturated rings. The predicted molar refractivity (Wildman–Crippen MR) is 126 cm³/mol. The summed E-state index contributed by atoms with van der Waals surface area (Å²) < 4.78 is 13.5. The minimum atomic E-state index is -0.603. The van der Waals surface area contributed by atoms with Crippen molar-refractivity contribution >= 4 is 0 Å². The average Bonchev–Trinajstić information content (AvgIpc) is 3.20. The van der Waals surface area contributed by atoms with Crippen LogP contribution in [0.2, 0.25) is 0 Å². The summed E-state index contributed by atoms with van der Waals surface area (Å²) in [6.07, 6.45) is 3.20. The highest BCUT2D eigenvalue weighted by Gasteiger charge is 2.12. The molecule has 7 nitrogen and oxygen atoms in total. The van der Waals surface area contributed by atoms with Crippen LogP contribution in [0.25, 0.3) is 0 Å². The number of likely N-dealkylation sites (N-methyl/N-ethyl adjacent to an activating group) is 1. The van der Waals surface area contributed by atoms with Gasteiger partial charge in [-0.3, -0.25) is 4.90 Å². The number of aliphatic hydroxyl groups excluding tert-OH is 1. The maximum Gasteiger partial charge on any atom is 0.161 e. The maximum atomic E-state index is 10.5. The second kappa shape index (κ2) is 12.2. The maximum absolute atomic E-state index is 10.5. The fourth-order valence-corrected chi connectivity index (χ4v) is 3.57. The smallest absolute Gasteiger partial charge is 0.161 e. The van der Waals surface area contributed by atoms with Gasteiger partial charge >= 0.3 is 0 Å². The third kappa shape index (κ3) is 7.37. The van der Waals surface area contributed by atoms with E-state index in [0.29, 0.717) is 18.0 Å². The molecule has 2 N–H and O–H groups in total. The van der Waals surface area contributed by atoms with Gasteiger partial charge in [0.2, 0.25) is 0 Å². The van der Waals surface area contributed by atoms with Crippen molar-refractivity contribution in [2.45, 2.75) is 32.7 Å². The number of aryl methyl sites for hydroxylation is 1. The van der Waals surface area contributed by atoms with Crippen LogP contribution in [-0.2, 0) is 19.6 Å². The van der Waals surface area contributed by atoms with Crippen LogP contribution >= 0.6 is 0 Å². The molecule has 0 saturated heterocycles. The molecule has 1 atom stereocenters. The fourth-order valence-electron chi connectivity index (χ4n) is 3.57. The molecular weight excluding hydrogens is 404 g/mol. The fraction of sp³-hybridized carbons (Fsp3) is 0.400. The summed E-state index contributed by atoms with van der Waals surface area (Å²) in [4.78, 5) is 6.32. The highest BCUT2D eigenvalue weighted by atomic mass is 16.5. The monoisotopic (exact) mass is 438 g/mol. The van der Waals surface area contributed by atoms with Gasteiger partial charge in [0.15, 0.2) is 11.5 Å². The van der Waals surface area contributed by atoms with Crippen molar-refractivity contribution in [2.75, 3.05) is 33.9 Å². The van der Waals surface area contributed by atoms with Crippen LogP contribution in [0.4, 0.5) is 0 Å². The molecular formula is C25H34N4O3. The van der Waals surface area contributed by atoms with Gasteiger partial charge in [-0.05, 0) is 37.2 Å². The second-order valence-corrected chi connectivity index (χ2v) is 7.98. The normalized spacial score (nSPS) is 12.2. The highest BCUT2D eigenvalue weighted by molar-refractivity contribution is 5.43. The molecule has 0 radical (unpaired) electrons. The summed E-state index contributed by atoms with van der Waals surface area (Å²) in [6.45, 7) is 5.93. The summed E-state index contributed by atoms with van der Waals surface area (Å²) in [6, 6.07) is 16.1. The Kier molecular flexibility index (Phi) is 9.10. The number of hydrogen-bond acceptors (Lipinski definition) is 6. The lowest BCUT2D eigenvalue weighted by molar-refractivity contribution is 0.0732. The van der Waals surface area contributed by atoms with Gasteiger partial charge in [0, 0.05) is 45.1 Å². The number of benzene rings is 2. The van der Waals surface area contributed by atoms with E-state index in [1.807, 2.05) is 62.8 Å². The Balaban J connectivity index is 1.46. The molecule has 2 aromatic carbocycles. The van der Waals surface area contributed by atoms with E-state index in [4.69, 9.17) is 9.47 Å². The zero-order chi connectivity index (χ0) is 22.8. The molecule has 172 valence electrons. The number of aromatic nitrogens is 2. The number of rotatable bonds is 13. The zero-order valence-electron chi connectivity index (χ0n) is 19.2. The van der Waals surface area contributed by atoms with E-state index >= 15 is 0 Å². The van der Waals surface area contributed by atoms with Crippen LogP contribution < -0.4 is 14.8 Å². The quantitative estimate of drug-likeness (QED) is 0.400. The zero-order valence-corrected chi connectivity index (χ0v) is 19.2. The molecule has 0 aliphatic rings. The van der Waals surface area contributed by atoms with Crippen molar-refractivity contribution in [3.63, 3.8) is 0 Å². The average molecular weight is 439 g/mol. The van der Waals surface area contributed by atoms with Gasteiger partial charge in [0.05, 0.1) is 7.11 Å². The van der Waals surface area contributed by atoms with Crippen molar-refractivity contribution in [3.8, 4) is 11.5 Å². The number of hydrogen-bond donors (Lipinski definition) is 2. The Bertz CT molecular complexity index is 945. The molecule has 1 aromatic heterocycles. The Hall–Kier alpha value is -2.87. The molecule has 3 aromatic rings. The minimum absolute atomic E-state index is 0.201. The van der Waals surface area contributed by atoms with Gasteiger partial charge in [0.1, 0.15) is 18.5 Å². The molecule has 0 spiro atoms. The van der Waals surface area contributed by atoms with E-state index in [9.17, 15) is 5.11 Å². The van der Waals surface area contributed by atoms with Gasteiger partial charge in [0.25, 0.3) is 0 Å². The van der Waals surface area contributed by atoms with Crippen LogP contribution in [0.15, 0.2) is 60.9 Å². The van der Waals surface area contributed by atoms with Gasteiger partial charge in [-0.1, -0.05) is 36.4 Å². The number of methoxy groups -OCH3 is 1. The third-order valence-electron chi connectivity index (χ3n) is 5.26. The van der Waals surface area contributed by atoms with E-state index in [1.165, 1.54) is 5.56 Å². The van der Waals surface area contributed by atoms with Crippen LogP contribution in [0.5, 0.6) is 11.5 Å². The Morgan fingerprint density at radius 1 is 1.12 bits per heavy atom. The summed E-state index contributed by atoms with van der Waals surface area (Å²) in [5.41, 5.74) is 2.31. The predicted octanol–water partition coefficient (Wildman–Crippen LogP) is 2.86. The van der Waals surface area contributed by atoms with Crippen molar-refractivity contribution in [1.29, 1.82) is 0 Å². The molecule has 32 heavy (non-hydrogen) atoms. The molecule has 0 saturated carbocycles. The standard InChI is InChI=1S/C25H34N4O3/c1-20-27-12-14-29(20)13-11-26-16-22-9-10-24(31-3)25(15-22)32-19-23(30)18-28(2)17-21-7-5-4-6-8-21/h4-10,12,14-15,23,26,30H,11,13,16-19H2,1-3H3/t23-/m0/s1. The molecule has 0 bridgehead atoms. The topological polar surface area (TPSA) is 71.8 Å². The SMILES string of the molecule is COc1ccc(CNCCn2ccnc2C)cc1OC[C@@H](O)CN(C)Cc1ccccc1. The molecule has 7 heteroatoms. The Morgan fingerprint density at radius 2 is 1.94 bits per heavy atom. The van der Waals surface area contributed by atoms with E-state index in [1.54, 1.807) is 7.11 Å². The largest absolute Gasteiger partial charge is 0.493 e. The molecule has 3 rings (SSSR count). The van der Waals surface area contributed by atoms with Crippen LogP contribution in [0.1, 0.15) is 17.0 Å². The first-order valence-electron chi connectivity index (χ1n) is 10.9. The molecule has 0 aliphatic heterocycles. The van der Waals surface area contributed by atoms with Crippen molar-refractivity contribution < 1.29 is 14.6 Å². The summed E-state index contributed by atoms with van der Waals surface area (Å²) >= 11 is 0. The summed E-state index contributed by atoms with van der Waals surface area (Å²) in [7, 11) is 3.62. The first kappa shape index (κ1) is 23.8. The number of nitrogens with one attached hydrogen (secondary N) is 1. The van der Waals surface area contributed by atoms with Gasteiger partial charge < -0.3 is 24.5 Å². The lowest BCUT2D eigenvalue weighted by atomic mass is 10.2. The molecule has 0 unspecified atom stereocenters. The lowest BCUT2D eigenvalue weighted by Crippen LogP contribution is -2.32.